The van der Waals surface area contributed by atoms with Crippen LogP contribution in [0.3, 0.4) is 0 Å². The molecule has 1 aliphatic rings. The fourth-order valence-electron chi connectivity index (χ4n) is 2.89. The Morgan fingerprint density at radius 3 is 2.48 bits per heavy atom. The van der Waals surface area contributed by atoms with E-state index in [0.717, 1.165) is 5.56 Å². The van der Waals surface area contributed by atoms with Gasteiger partial charge in [0.2, 0.25) is 5.91 Å². The number of benzene rings is 2. The van der Waals surface area contributed by atoms with Crippen LogP contribution in [0.5, 0.6) is 0 Å². The number of halogens is 1. The molecule has 0 bridgehead atoms. The average molecular weight is 409 g/mol. The molecule has 27 heavy (non-hydrogen) atoms. The van der Waals surface area contributed by atoms with E-state index in [1.54, 1.807) is 30.3 Å². The predicted octanol–water partition coefficient (Wildman–Crippen LogP) is 2.89. The lowest BCUT2D eigenvalue weighted by atomic mass is 10.2. The second-order valence-corrected chi connectivity index (χ2v) is 8.21. The van der Waals surface area contributed by atoms with Gasteiger partial charge in [0.05, 0.1) is 11.3 Å². The van der Waals surface area contributed by atoms with Gasteiger partial charge in [0, 0.05) is 29.4 Å². The third-order valence-corrected chi connectivity index (χ3v) is 5.84. The van der Waals surface area contributed by atoms with E-state index in [-0.39, 0.29) is 23.6 Å². The SMILES string of the molecule is O=C(O)CCC(=O)N1CCc2cc(S(=O)(=O)Nc3ccc(Cl)cc3)ccc21. The van der Waals surface area contributed by atoms with Crippen molar-refractivity contribution in [3.8, 4) is 0 Å². The fourth-order valence-corrected chi connectivity index (χ4v) is 4.12. The molecule has 0 saturated carbocycles. The molecule has 0 atom stereocenters. The zero-order chi connectivity index (χ0) is 19.6. The summed E-state index contributed by atoms with van der Waals surface area (Å²) in [5, 5.41) is 9.21. The highest BCUT2D eigenvalue weighted by Crippen LogP contribution is 2.31. The van der Waals surface area contributed by atoms with Crippen molar-refractivity contribution >= 4 is 44.9 Å². The first kappa shape index (κ1) is 19.2. The number of rotatable bonds is 6. The molecular weight excluding hydrogens is 392 g/mol. The number of nitrogens with zero attached hydrogens (tertiary/aromatic N) is 1. The van der Waals surface area contributed by atoms with Gasteiger partial charge in [-0.2, -0.15) is 0 Å². The topological polar surface area (TPSA) is 104 Å². The molecule has 3 rings (SSSR count). The molecule has 142 valence electrons. The molecule has 1 aliphatic heterocycles. The molecule has 0 aliphatic carbocycles. The number of hydrogen-bond donors (Lipinski definition) is 2. The molecule has 0 radical (unpaired) electrons. The minimum Gasteiger partial charge on any atom is -0.481 e. The van der Waals surface area contributed by atoms with Crippen LogP contribution in [-0.2, 0) is 26.0 Å². The summed E-state index contributed by atoms with van der Waals surface area (Å²) >= 11 is 5.80. The second-order valence-electron chi connectivity index (χ2n) is 6.09. The van der Waals surface area contributed by atoms with Gasteiger partial charge in [0.15, 0.2) is 0 Å². The highest BCUT2D eigenvalue weighted by molar-refractivity contribution is 7.92. The Hall–Kier alpha value is -2.58. The molecule has 2 N–H and O–H groups in total. The van der Waals surface area contributed by atoms with Crippen LogP contribution in [0.2, 0.25) is 5.02 Å². The molecule has 1 heterocycles. The minimum atomic E-state index is -3.78. The minimum absolute atomic E-state index is 0.0903. The van der Waals surface area contributed by atoms with Crippen LogP contribution in [0.4, 0.5) is 11.4 Å². The number of sulfonamides is 1. The number of carboxylic acids is 1. The van der Waals surface area contributed by atoms with Crippen molar-refractivity contribution in [3.63, 3.8) is 0 Å². The van der Waals surface area contributed by atoms with Crippen molar-refractivity contribution in [1.82, 2.24) is 0 Å². The lowest BCUT2D eigenvalue weighted by Gasteiger charge is -2.17. The quantitative estimate of drug-likeness (QED) is 0.764. The lowest BCUT2D eigenvalue weighted by Crippen LogP contribution is -2.29. The van der Waals surface area contributed by atoms with Gasteiger partial charge in [-0.1, -0.05) is 11.6 Å². The number of anilines is 2. The van der Waals surface area contributed by atoms with Gasteiger partial charge < -0.3 is 10.0 Å². The smallest absolute Gasteiger partial charge is 0.303 e. The Labute approximate surface area is 161 Å². The van der Waals surface area contributed by atoms with E-state index in [1.165, 1.54) is 17.0 Å². The summed E-state index contributed by atoms with van der Waals surface area (Å²) in [5.41, 5.74) is 1.75. The molecule has 0 aromatic heterocycles. The number of aliphatic carboxylic acids is 1. The Bertz CT molecular complexity index is 989. The van der Waals surface area contributed by atoms with Crippen LogP contribution in [0.1, 0.15) is 18.4 Å². The summed E-state index contributed by atoms with van der Waals surface area (Å²) in [4.78, 5) is 24.4. The van der Waals surface area contributed by atoms with Gasteiger partial charge in [0.25, 0.3) is 10.0 Å². The van der Waals surface area contributed by atoms with Gasteiger partial charge in [-0.25, -0.2) is 8.42 Å². The molecule has 7 nitrogen and oxygen atoms in total. The van der Waals surface area contributed by atoms with Crippen molar-refractivity contribution in [1.29, 1.82) is 0 Å². The molecule has 0 fully saturated rings. The van der Waals surface area contributed by atoms with Crippen molar-refractivity contribution < 1.29 is 23.1 Å². The van der Waals surface area contributed by atoms with E-state index < -0.39 is 16.0 Å². The highest BCUT2D eigenvalue weighted by atomic mass is 35.5. The first-order chi connectivity index (χ1) is 12.8. The Morgan fingerprint density at radius 2 is 1.81 bits per heavy atom. The summed E-state index contributed by atoms with van der Waals surface area (Å²) in [6, 6.07) is 10.9. The van der Waals surface area contributed by atoms with E-state index in [0.29, 0.717) is 29.4 Å². The van der Waals surface area contributed by atoms with Crippen molar-refractivity contribution in [2.75, 3.05) is 16.2 Å². The number of carbonyl (C=O) groups is 2. The molecule has 9 heteroatoms. The average Bonchev–Trinajstić information content (AvgIpc) is 3.04. The fraction of sp³-hybridized carbons (Fsp3) is 0.222. The molecule has 0 saturated heterocycles. The Morgan fingerprint density at radius 1 is 1.11 bits per heavy atom. The molecule has 1 amide bonds. The predicted molar refractivity (Wildman–Crippen MR) is 102 cm³/mol. The van der Waals surface area contributed by atoms with Gasteiger partial charge in [-0.15, -0.1) is 0 Å². The normalized spacial score (nSPS) is 13.3. The van der Waals surface area contributed by atoms with E-state index in [2.05, 4.69) is 4.72 Å². The van der Waals surface area contributed by atoms with Gasteiger partial charge in [0.1, 0.15) is 0 Å². The van der Waals surface area contributed by atoms with E-state index in [9.17, 15) is 18.0 Å². The van der Waals surface area contributed by atoms with Crippen LogP contribution in [0.15, 0.2) is 47.4 Å². The summed E-state index contributed by atoms with van der Waals surface area (Å²) in [6.45, 7) is 0.405. The van der Waals surface area contributed by atoms with Crippen LogP contribution in [0.25, 0.3) is 0 Å². The maximum absolute atomic E-state index is 12.6. The lowest BCUT2D eigenvalue weighted by molar-refractivity contribution is -0.138. The number of carbonyl (C=O) groups excluding carboxylic acids is 1. The van der Waals surface area contributed by atoms with Gasteiger partial charge in [-0.05, 0) is 54.4 Å². The van der Waals surface area contributed by atoms with Crippen molar-refractivity contribution in [2.45, 2.75) is 24.2 Å². The summed E-state index contributed by atoms with van der Waals surface area (Å²) in [7, 11) is -3.78. The monoisotopic (exact) mass is 408 g/mol. The van der Waals surface area contributed by atoms with Crippen molar-refractivity contribution in [3.05, 3.63) is 53.1 Å². The number of fused-ring (bicyclic) bond motifs is 1. The van der Waals surface area contributed by atoms with Crippen LogP contribution < -0.4 is 9.62 Å². The first-order valence-electron chi connectivity index (χ1n) is 8.20. The molecule has 0 unspecified atom stereocenters. The van der Waals surface area contributed by atoms with Crippen LogP contribution in [-0.4, -0.2) is 31.9 Å². The number of carboxylic acid groups (broad SMARTS) is 1. The molecule has 2 aromatic rings. The molecule has 2 aromatic carbocycles. The Kier molecular flexibility index (Phi) is 5.38. The van der Waals surface area contributed by atoms with E-state index >= 15 is 0 Å². The van der Waals surface area contributed by atoms with Crippen LogP contribution >= 0.6 is 11.6 Å². The summed E-state index contributed by atoms with van der Waals surface area (Å²) in [5.74, 6) is -1.32. The zero-order valence-electron chi connectivity index (χ0n) is 14.2. The standard InChI is InChI=1S/C18H17ClN2O5S/c19-13-1-3-14(4-2-13)20-27(25,26)15-5-6-16-12(11-15)9-10-21(16)17(22)7-8-18(23)24/h1-6,11,20H,7-10H2,(H,23,24). The third-order valence-electron chi connectivity index (χ3n) is 4.21. The largest absolute Gasteiger partial charge is 0.481 e. The molecular formula is C18H17ClN2O5S. The maximum Gasteiger partial charge on any atom is 0.303 e. The third kappa shape index (κ3) is 4.40. The van der Waals surface area contributed by atoms with E-state index in [4.69, 9.17) is 16.7 Å². The van der Waals surface area contributed by atoms with Gasteiger partial charge in [-0.3, -0.25) is 14.3 Å². The maximum atomic E-state index is 12.6. The van der Waals surface area contributed by atoms with Gasteiger partial charge >= 0.3 is 5.97 Å². The zero-order valence-corrected chi connectivity index (χ0v) is 15.8. The summed E-state index contributed by atoms with van der Waals surface area (Å²) < 4.78 is 27.7. The van der Waals surface area contributed by atoms with Crippen molar-refractivity contribution in [2.24, 2.45) is 0 Å². The summed E-state index contributed by atoms with van der Waals surface area (Å²) in [6.07, 6.45) is 0.188. The number of nitrogens with one attached hydrogen (secondary N) is 1. The first-order valence-corrected chi connectivity index (χ1v) is 10.1. The Balaban J connectivity index is 1.79. The van der Waals surface area contributed by atoms with Crippen LogP contribution in [0, 0.1) is 0 Å². The highest BCUT2D eigenvalue weighted by Gasteiger charge is 2.26. The van der Waals surface area contributed by atoms with E-state index in [1.807, 2.05) is 0 Å². The molecule has 0 spiro atoms. The second kappa shape index (κ2) is 7.58. The number of hydrogen-bond acceptors (Lipinski definition) is 4. The number of amides is 1.